The van der Waals surface area contributed by atoms with E-state index in [9.17, 15) is 4.79 Å². The first kappa shape index (κ1) is 11.8. The van der Waals surface area contributed by atoms with Gasteiger partial charge in [0.15, 0.2) is 5.78 Å². The van der Waals surface area contributed by atoms with Crippen LogP contribution in [0.5, 0.6) is 0 Å². The molecule has 0 amide bonds. The highest BCUT2D eigenvalue weighted by Crippen LogP contribution is 2.28. The number of hydrogen-bond donors (Lipinski definition) is 0. The number of carbonyl (C=O) groups excluding carboxylic acids is 1. The highest BCUT2D eigenvalue weighted by molar-refractivity contribution is 9.10. The predicted octanol–water partition coefficient (Wildman–Crippen LogP) is 4.50. The molecule has 0 spiro atoms. The van der Waals surface area contributed by atoms with Crippen LogP contribution in [0.25, 0.3) is 10.1 Å². The van der Waals surface area contributed by atoms with Crippen molar-refractivity contribution in [3.8, 4) is 0 Å². The number of carbonyl (C=O) groups is 1. The fraction of sp³-hybridized carbons (Fsp3) is 0.308. The van der Waals surface area contributed by atoms with Crippen molar-refractivity contribution < 1.29 is 4.79 Å². The van der Waals surface area contributed by atoms with Crippen LogP contribution in [0.4, 0.5) is 0 Å². The van der Waals surface area contributed by atoms with Gasteiger partial charge >= 0.3 is 0 Å². The van der Waals surface area contributed by atoms with Crippen molar-refractivity contribution in [2.24, 2.45) is 5.92 Å². The SMILES string of the molecule is CC(C)C(Br)C(=O)c1cc2ccccc2s1. The molecule has 3 heteroatoms. The molecule has 2 aromatic rings. The summed E-state index contributed by atoms with van der Waals surface area (Å²) in [5, 5.41) is 1.15. The van der Waals surface area contributed by atoms with Gasteiger partial charge in [0.1, 0.15) is 0 Å². The number of ketones is 1. The minimum atomic E-state index is -0.0828. The van der Waals surface area contributed by atoms with Crippen molar-refractivity contribution in [3.05, 3.63) is 35.2 Å². The fourth-order valence-electron chi connectivity index (χ4n) is 1.54. The number of hydrogen-bond acceptors (Lipinski definition) is 2. The molecule has 0 saturated heterocycles. The van der Waals surface area contributed by atoms with E-state index in [1.165, 1.54) is 4.70 Å². The molecule has 1 nitrogen and oxygen atoms in total. The fourth-order valence-corrected chi connectivity index (χ4v) is 2.98. The molecule has 1 aromatic carbocycles. The zero-order chi connectivity index (χ0) is 11.7. The third kappa shape index (κ3) is 2.20. The van der Waals surface area contributed by atoms with Crippen molar-refractivity contribution in [3.63, 3.8) is 0 Å². The first-order valence-corrected chi connectivity index (χ1v) is 6.99. The van der Waals surface area contributed by atoms with Crippen LogP contribution >= 0.6 is 27.3 Å². The number of alkyl halides is 1. The lowest BCUT2D eigenvalue weighted by Crippen LogP contribution is -2.18. The van der Waals surface area contributed by atoms with Crippen LogP contribution in [0, 0.1) is 5.92 Å². The molecule has 0 saturated carbocycles. The van der Waals surface area contributed by atoms with Gasteiger partial charge in [-0.3, -0.25) is 4.79 Å². The lowest BCUT2D eigenvalue weighted by atomic mass is 10.1. The number of rotatable bonds is 3. The number of benzene rings is 1. The quantitative estimate of drug-likeness (QED) is 0.602. The molecule has 0 fully saturated rings. The molecular formula is C13H13BrOS. The van der Waals surface area contributed by atoms with E-state index in [1.54, 1.807) is 11.3 Å². The molecule has 2 rings (SSSR count). The van der Waals surface area contributed by atoms with E-state index >= 15 is 0 Å². The smallest absolute Gasteiger partial charge is 0.186 e. The largest absolute Gasteiger partial charge is 0.292 e. The molecule has 0 radical (unpaired) electrons. The molecule has 0 bridgehead atoms. The summed E-state index contributed by atoms with van der Waals surface area (Å²) < 4.78 is 1.18. The summed E-state index contributed by atoms with van der Waals surface area (Å²) in [7, 11) is 0. The van der Waals surface area contributed by atoms with E-state index in [0.717, 1.165) is 10.3 Å². The highest BCUT2D eigenvalue weighted by Gasteiger charge is 2.21. The molecule has 0 aliphatic heterocycles. The van der Waals surface area contributed by atoms with Gasteiger partial charge in [0.25, 0.3) is 0 Å². The number of halogens is 1. The number of fused-ring (bicyclic) bond motifs is 1. The maximum absolute atomic E-state index is 12.1. The summed E-state index contributed by atoms with van der Waals surface area (Å²) in [6.45, 7) is 4.09. The molecular weight excluding hydrogens is 284 g/mol. The highest BCUT2D eigenvalue weighted by atomic mass is 79.9. The van der Waals surface area contributed by atoms with Gasteiger partial charge in [-0.05, 0) is 23.4 Å². The second-order valence-electron chi connectivity index (χ2n) is 4.16. The maximum Gasteiger partial charge on any atom is 0.186 e. The normalized spacial score (nSPS) is 13.2. The van der Waals surface area contributed by atoms with Gasteiger partial charge in [-0.15, -0.1) is 11.3 Å². The van der Waals surface area contributed by atoms with Crippen LogP contribution in [0.2, 0.25) is 0 Å². The monoisotopic (exact) mass is 296 g/mol. The second-order valence-corrected chi connectivity index (χ2v) is 6.23. The molecule has 0 N–H and O–H groups in total. The Morgan fingerprint density at radius 2 is 2.00 bits per heavy atom. The second kappa shape index (κ2) is 4.68. The molecule has 0 aliphatic rings. The van der Waals surface area contributed by atoms with Crippen LogP contribution in [-0.2, 0) is 0 Å². The van der Waals surface area contributed by atoms with Crippen molar-refractivity contribution >= 4 is 43.1 Å². The standard InChI is InChI=1S/C13H13BrOS/c1-8(2)12(14)13(15)11-7-9-5-3-4-6-10(9)16-11/h3-8,12H,1-2H3. The summed E-state index contributed by atoms with van der Waals surface area (Å²) >= 11 is 5.03. The van der Waals surface area contributed by atoms with E-state index in [2.05, 4.69) is 22.0 Å². The van der Waals surface area contributed by atoms with Crippen LogP contribution in [0.3, 0.4) is 0 Å². The molecule has 16 heavy (non-hydrogen) atoms. The third-order valence-electron chi connectivity index (χ3n) is 2.50. The van der Waals surface area contributed by atoms with Crippen LogP contribution < -0.4 is 0 Å². The lowest BCUT2D eigenvalue weighted by Gasteiger charge is -2.10. The molecule has 1 unspecified atom stereocenters. The zero-order valence-electron chi connectivity index (χ0n) is 9.24. The summed E-state index contributed by atoms with van der Waals surface area (Å²) in [6, 6.07) is 10.1. The Bertz CT molecular complexity index is 482. The van der Waals surface area contributed by atoms with Gasteiger partial charge in [0.2, 0.25) is 0 Å². The van der Waals surface area contributed by atoms with Crippen molar-refractivity contribution in [2.45, 2.75) is 18.7 Å². The van der Waals surface area contributed by atoms with Gasteiger partial charge in [-0.25, -0.2) is 0 Å². The maximum atomic E-state index is 12.1. The summed E-state index contributed by atoms with van der Waals surface area (Å²) in [6.07, 6.45) is 0. The van der Waals surface area contributed by atoms with Gasteiger partial charge in [-0.2, -0.15) is 0 Å². The summed E-state index contributed by atoms with van der Waals surface area (Å²) in [5.41, 5.74) is 0. The molecule has 0 aliphatic carbocycles. The van der Waals surface area contributed by atoms with Gasteiger partial charge < -0.3 is 0 Å². The van der Waals surface area contributed by atoms with Crippen molar-refractivity contribution in [1.29, 1.82) is 0 Å². The Hall–Kier alpha value is -0.670. The van der Waals surface area contributed by atoms with Crippen LogP contribution in [0.15, 0.2) is 30.3 Å². The van der Waals surface area contributed by atoms with Gasteiger partial charge in [0, 0.05) is 4.70 Å². The van der Waals surface area contributed by atoms with Crippen molar-refractivity contribution in [2.75, 3.05) is 0 Å². The molecule has 1 aromatic heterocycles. The Kier molecular flexibility index (Phi) is 3.45. The molecule has 84 valence electrons. The number of thiophene rings is 1. The van der Waals surface area contributed by atoms with E-state index in [1.807, 2.05) is 38.1 Å². The average Bonchev–Trinajstić information content (AvgIpc) is 2.70. The molecule has 1 heterocycles. The number of Topliss-reactive ketones (excluding diaryl/α,β-unsaturated/α-hetero) is 1. The minimum absolute atomic E-state index is 0.0828. The first-order valence-electron chi connectivity index (χ1n) is 5.26. The third-order valence-corrected chi connectivity index (χ3v) is 5.11. The van der Waals surface area contributed by atoms with E-state index in [4.69, 9.17) is 0 Å². The van der Waals surface area contributed by atoms with Crippen LogP contribution in [-0.4, -0.2) is 10.6 Å². The van der Waals surface area contributed by atoms with E-state index in [0.29, 0.717) is 5.92 Å². The minimum Gasteiger partial charge on any atom is -0.292 e. The Morgan fingerprint density at radius 3 is 2.62 bits per heavy atom. The van der Waals surface area contributed by atoms with Crippen molar-refractivity contribution in [1.82, 2.24) is 0 Å². The first-order chi connectivity index (χ1) is 7.59. The van der Waals surface area contributed by atoms with E-state index < -0.39 is 0 Å². The zero-order valence-corrected chi connectivity index (χ0v) is 11.6. The Balaban J connectivity index is 2.37. The average molecular weight is 297 g/mol. The summed E-state index contributed by atoms with van der Waals surface area (Å²) in [4.78, 5) is 12.9. The topological polar surface area (TPSA) is 17.1 Å². The van der Waals surface area contributed by atoms with E-state index in [-0.39, 0.29) is 10.6 Å². The Morgan fingerprint density at radius 1 is 1.31 bits per heavy atom. The van der Waals surface area contributed by atoms with Gasteiger partial charge in [0.05, 0.1) is 9.70 Å². The van der Waals surface area contributed by atoms with Crippen LogP contribution in [0.1, 0.15) is 23.5 Å². The Labute approximate surface area is 108 Å². The lowest BCUT2D eigenvalue weighted by molar-refractivity contribution is 0.0982. The molecule has 1 atom stereocenters. The predicted molar refractivity (Wildman–Crippen MR) is 73.7 cm³/mol. The van der Waals surface area contributed by atoms with Gasteiger partial charge in [-0.1, -0.05) is 48.0 Å². The summed E-state index contributed by atoms with van der Waals surface area (Å²) in [5.74, 6) is 0.508.